The highest BCUT2D eigenvalue weighted by Gasteiger charge is 2.28. The van der Waals surface area contributed by atoms with Gasteiger partial charge in [-0.2, -0.15) is 5.26 Å². The third-order valence-electron chi connectivity index (χ3n) is 6.12. The molecule has 2 unspecified atom stereocenters. The molecule has 3 N–H and O–H groups in total. The monoisotopic (exact) mass is 422 g/mol. The van der Waals surface area contributed by atoms with Crippen molar-refractivity contribution in [2.45, 2.75) is 38.5 Å². The molecule has 9 nitrogen and oxygen atoms in total. The molecule has 1 aromatic heterocycles. The minimum atomic E-state index is -0.0143. The van der Waals surface area contributed by atoms with Crippen LogP contribution >= 0.6 is 0 Å². The molecule has 2 aromatic rings. The number of rotatable bonds is 6. The predicted molar refractivity (Wildman–Crippen MR) is 120 cm³/mol. The van der Waals surface area contributed by atoms with Gasteiger partial charge in [0, 0.05) is 49.4 Å². The lowest BCUT2D eigenvalue weighted by molar-refractivity contribution is 0.199. The Kier molecular flexibility index (Phi) is 6.51. The molecular weight excluding hydrogens is 392 g/mol. The number of benzene rings is 1. The zero-order valence-electron chi connectivity index (χ0n) is 18.3. The molecule has 2 aliphatic heterocycles. The van der Waals surface area contributed by atoms with E-state index in [2.05, 4.69) is 68.0 Å². The molecule has 31 heavy (non-hydrogen) atoms. The maximum absolute atomic E-state index is 8.85. The highest BCUT2D eigenvalue weighted by Crippen LogP contribution is 2.34. The summed E-state index contributed by atoms with van der Waals surface area (Å²) in [6.07, 6.45) is 3.83. The van der Waals surface area contributed by atoms with E-state index in [1.165, 1.54) is 11.9 Å². The molecule has 2 fully saturated rings. The fourth-order valence-corrected chi connectivity index (χ4v) is 4.38. The van der Waals surface area contributed by atoms with Crippen LogP contribution in [0.3, 0.4) is 0 Å². The Morgan fingerprint density at radius 2 is 2.13 bits per heavy atom. The van der Waals surface area contributed by atoms with Crippen LogP contribution in [-0.2, 0) is 0 Å². The molecule has 3 heterocycles. The molecule has 0 aliphatic carbocycles. The van der Waals surface area contributed by atoms with Gasteiger partial charge in [0.15, 0.2) is 5.69 Å². The van der Waals surface area contributed by atoms with Crippen LogP contribution in [0.5, 0.6) is 5.75 Å². The van der Waals surface area contributed by atoms with Crippen LogP contribution in [0.4, 0.5) is 11.5 Å². The van der Waals surface area contributed by atoms with Crippen molar-refractivity contribution >= 4 is 11.5 Å². The largest absolute Gasteiger partial charge is 0.496 e. The molecule has 0 bridgehead atoms. The van der Waals surface area contributed by atoms with E-state index in [0.717, 1.165) is 43.9 Å². The standard InChI is InChI=1S/C22H30N8O/c1-4-29-7-8-30(14-15(29)2)17-5-6-18(20(9-17)31-3)19-10-21(28-27-19)26-22-13-24-16(11-23)12-25-22/h5-6,9,12-13,15,19,21,27-28H,4,7-8,10,14H2,1-3H3,(H,25,26)/t15-,19?,21?/m1/s1. The maximum Gasteiger partial charge on any atom is 0.158 e. The van der Waals surface area contributed by atoms with Crippen molar-refractivity contribution in [2.75, 3.05) is 43.5 Å². The van der Waals surface area contributed by atoms with Gasteiger partial charge in [0.05, 0.1) is 31.7 Å². The normalized spacial score (nSPS) is 24.1. The Balaban J connectivity index is 1.42. The SMILES string of the molecule is CCN1CCN(c2ccc(C3CC(Nc4cnc(C#N)cn4)NN3)c(OC)c2)C[C@H]1C. The molecule has 164 valence electrons. The predicted octanol–water partition coefficient (Wildman–Crippen LogP) is 1.86. The third kappa shape index (κ3) is 4.71. The van der Waals surface area contributed by atoms with Crippen molar-refractivity contribution in [1.29, 1.82) is 5.26 Å². The molecule has 1 aromatic carbocycles. The summed E-state index contributed by atoms with van der Waals surface area (Å²) in [5.74, 6) is 1.52. The molecule has 2 aliphatic rings. The summed E-state index contributed by atoms with van der Waals surface area (Å²) in [5, 5.41) is 12.1. The number of piperazine rings is 1. The number of nitriles is 1. The van der Waals surface area contributed by atoms with Crippen LogP contribution in [0.1, 0.15) is 37.6 Å². The number of nitrogens with one attached hydrogen (secondary N) is 3. The fraction of sp³-hybridized carbons (Fsp3) is 0.500. The lowest BCUT2D eigenvalue weighted by Crippen LogP contribution is -2.51. The van der Waals surface area contributed by atoms with E-state index in [0.29, 0.717) is 17.6 Å². The second-order valence-electron chi connectivity index (χ2n) is 8.02. The number of methoxy groups -OCH3 is 1. The zero-order valence-corrected chi connectivity index (χ0v) is 18.3. The van der Waals surface area contributed by atoms with Gasteiger partial charge in [-0.15, -0.1) is 0 Å². The summed E-state index contributed by atoms with van der Waals surface area (Å²) in [6, 6.07) is 9.13. The van der Waals surface area contributed by atoms with Gasteiger partial charge in [-0.3, -0.25) is 4.90 Å². The van der Waals surface area contributed by atoms with Crippen molar-refractivity contribution in [3.8, 4) is 11.8 Å². The van der Waals surface area contributed by atoms with Gasteiger partial charge in [-0.25, -0.2) is 20.8 Å². The molecule has 3 atom stereocenters. The summed E-state index contributed by atoms with van der Waals surface area (Å²) in [4.78, 5) is 13.2. The van der Waals surface area contributed by atoms with Gasteiger partial charge in [0.2, 0.25) is 0 Å². The summed E-state index contributed by atoms with van der Waals surface area (Å²) < 4.78 is 5.76. The first-order valence-electron chi connectivity index (χ1n) is 10.8. The van der Waals surface area contributed by atoms with E-state index < -0.39 is 0 Å². The Bertz CT molecular complexity index is 928. The Labute approximate surface area is 183 Å². The number of hydrazine groups is 1. The first-order valence-corrected chi connectivity index (χ1v) is 10.8. The maximum atomic E-state index is 8.85. The second kappa shape index (κ2) is 9.47. The molecule has 9 heteroatoms. The number of aromatic nitrogens is 2. The van der Waals surface area contributed by atoms with Gasteiger partial charge in [-0.1, -0.05) is 13.0 Å². The van der Waals surface area contributed by atoms with Crippen LogP contribution in [0.2, 0.25) is 0 Å². The molecule has 0 saturated carbocycles. The average Bonchev–Trinajstić information content (AvgIpc) is 3.27. The Hall–Kier alpha value is -2.93. The third-order valence-corrected chi connectivity index (χ3v) is 6.12. The summed E-state index contributed by atoms with van der Waals surface area (Å²) in [6.45, 7) is 8.75. The number of likely N-dealkylation sites (N-methyl/N-ethyl adjacent to an activating group) is 1. The summed E-state index contributed by atoms with van der Waals surface area (Å²) in [7, 11) is 1.73. The lowest BCUT2D eigenvalue weighted by atomic mass is 10.0. The van der Waals surface area contributed by atoms with E-state index in [1.807, 2.05) is 6.07 Å². The summed E-state index contributed by atoms with van der Waals surface area (Å²) >= 11 is 0. The van der Waals surface area contributed by atoms with Crippen molar-refractivity contribution in [2.24, 2.45) is 0 Å². The molecule has 4 rings (SSSR count). The van der Waals surface area contributed by atoms with E-state index in [-0.39, 0.29) is 12.2 Å². The molecule has 0 spiro atoms. The average molecular weight is 423 g/mol. The number of hydrogen-bond acceptors (Lipinski definition) is 9. The smallest absolute Gasteiger partial charge is 0.158 e. The minimum Gasteiger partial charge on any atom is -0.496 e. The first kappa shape index (κ1) is 21.3. The van der Waals surface area contributed by atoms with Crippen molar-refractivity contribution in [1.82, 2.24) is 25.7 Å². The fourth-order valence-electron chi connectivity index (χ4n) is 4.38. The molecule has 0 radical (unpaired) electrons. The quantitative estimate of drug-likeness (QED) is 0.644. The molecular formula is C22H30N8O. The van der Waals surface area contributed by atoms with Gasteiger partial charge >= 0.3 is 0 Å². The Morgan fingerprint density at radius 1 is 1.26 bits per heavy atom. The van der Waals surface area contributed by atoms with Gasteiger partial charge in [0.25, 0.3) is 0 Å². The number of anilines is 2. The van der Waals surface area contributed by atoms with Crippen molar-refractivity contribution < 1.29 is 4.74 Å². The highest BCUT2D eigenvalue weighted by atomic mass is 16.5. The minimum absolute atomic E-state index is 0.0143. The van der Waals surface area contributed by atoms with Crippen LogP contribution in [-0.4, -0.2) is 60.4 Å². The molecule has 0 amide bonds. The van der Waals surface area contributed by atoms with Crippen LogP contribution in [0.25, 0.3) is 0 Å². The summed E-state index contributed by atoms with van der Waals surface area (Å²) in [5.41, 5.74) is 9.24. The Morgan fingerprint density at radius 3 is 2.81 bits per heavy atom. The lowest BCUT2D eigenvalue weighted by Gasteiger charge is -2.40. The van der Waals surface area contributed by atoms with E-state index in [9.17, 15) is 0 Å². The zero-order chi connectivity index (χ0) is 21.8. The van der Waals surface area contributed by atoms with Crippen LogP contribution in [0.15, 0.2) is 30.6 Å². The number of hydrogen-bond donors (Lipinski definition) is 3. The van der Waals surface area contributed by atoms with E-state index >= 15 is 0 Å². The topological polar surface area (TPSA) is 101 Å². The van der Waals surface area contributed by atoms with Gasteiger partial charge in [0.1, 0.15) is 17.6 Å². The van der Waals surface area contributed by atoms with Gasteiger partial charge < -0.3 is 15.0 Å². The van der Waals surface area contributed by atoms with Crippen LogP contribution in [0, 0.1) is 11.3 Å². The number of ether oxygens (including phenoxy) is 1. The first-order chi connectivity index (χ1) is 15.1. The second-order valence-corrected chi connectivity index (χ2v) is 8.02. The molecule has 2 saturated heterocycles. The van der Waals surface area contributed by atoms with Crippen LogP contribution < -0.4 is 25.8 Å². The highest BCUT2D eigenvalue weighted by molar-refractivity contribution is 5.55. The van der Waals surface area contributed by atoms with Crippen molar-refractivity contribution in [3.05, 3.63) is 41.9 Å². The van der Waals surface area contributed by atoms with Gasteiger partial charge in [-0.05, 0) is 19.5 Å². The van der Waals surface area contributed by atoms with Crippen molar-refractivity contribution in [3.63, 3.8) is 0 Å². The number of nitrogens with zero attached hydrogens (tertiary/aromatic N) is 5. The van der Waals surface area contributed by atoms with E-state index in [4.69, 9.17) is 10.00 Å². The van der Waals surface area contributed by atoms with E-state index in [1.54, 1.807) is 13.3 Å².